The van der Waals surface area contributed by atoms with Gasteiger partial charge in [0, 0.05) is 23.4 Å². The number of halogens is 1. The van der Waals surface area contributed by atoms with Crippen molar-refractivity contribution < 1.29 is 15.1 Å². The first kappa shape index (κ1) is 18.8. The molecule has 0 saturated carbocycles. The molecule has 0 aliphatic carbocycles. The van der Waals surface area contributed by atoms with Crippen LogP contribution in [0.1, 0.15) is 25.0 Å². The molecule has 142 valence electrons. The average molecular weight is 393 g/mol. The summed E-state index contributed by atoms with van der Waals surface area (Å²) in [5.74, 6) is -0.684. The van der Waals surface area contributed by atoms with Crippen molar-refractivity contribution in [2.45, 2.75) is 32.4 Å². The van der Waals surface area contributed by atoms with E-state index in [1.807, 2.05) is 0 Å². The van der Waals surface area contributed by atoms with Gasteiger partial charge >= 0.3 is 0 Å². The number of hydroxylamine groups is 1. The molecule has 27 heavy (non-hydrogen) atoms. The SMILES string of the molecule is O=Nc1c(O)n(Cc2cn(CCCCC(=O)NO)nn2)c2ccc(Cl)cc12. The highest BCUT2D eigenvalue weighted by Gasteiger charge is 2.19. The van der Waals surface area contributed by atoms with E-state index in [1.54, 1.807) is 34.6 Å². The summed E-state index contributed by atoms with van der Waals surface area (Å²) in [6.45, 7) is 0.757. The number of nitrogens with zero attached hydrogens (tertiary/aromatic N) is 5. The van der Waals surface area contributed by atoms with E-state index in [2.05, 4.69) is 15.5 Å². The van der Waals surface area contributed by atoms with Crippen molar-refractivity contribution in [3.05, 3.63) is 40.0 Å². The monoisotopic (exact) mass is 392 g/mol. The molecule has 0 aliphatic heterocycles. The average Bonchev–Trinajstić information content (AvgIpc) is 3.21. The zero-order valence-corrected chi connectivity index (χ0v) is 14.9. The molecule has 0 saturated heterocycles. The summed E-state index contributed by atoms with van der Waals surface area (Å²) < 4.78 is 3.15. The second-order valence-electron chi connectivity index (χ2n) is 5.98. The molecule has 3 N–H and O–H groups in total. The number of nitrogens with one attached hydrogen (secondary N) is 1. The first-order chi connectivity index (χ1) is 13.0. The second-order valence-corrected chi connectivity index (χ2v) is 6.41. The van der Waals surface area contributed by atoms with Gasteiger partial charge in [0.1, 0.15) is 5.69 Å². The van der Waals surface area contributed by atoms with Gasteiger partial charge in [0.05, 0.1) is 18.3 Å². The van der Waals surface area contributed by atoms with Gasteiger partial charge in [-0.3, -0.25) is 14.7 Å². The summed E-state index contributed by atoms with van der Waals surface area (Å²) in [4.78, 5) is 22.1. The Balaban J connectivity index is 1.73. The minimum Gasteiger partial charge on any atom is -0.493 e. The third kappa shape index (κ3) is 4.07. The molecule has 2 heterocycles. The van der Waals surface area contributed by atoms with Crippen LogP contribution in [0.3, 0.4) is 0 Å². The molecule has 0 bridgehead atoms. The summed E-state index contributed by atoms with van der Waals surface area (Å²) >= 11 is 5.96. The summed E-state index contributed by atoms with van der Waals surface area (Å²) in [5.41, 5.74) is 2.71. The Morgan fingerprint density at radius 2 is 2.15 bits per heavy atom. The fraction of sp³-hybridized carbons (Fsp3) is 0.312. The number of carbonyl (C=O) groups excluding carboxylic acids is 1. The zero-order chi connectivity index (χ0) is 19.4. The van der Waals surface area contributed by atoms with E-state index in [-0.39, 0.29) is 24.5 Å². The lowest BCUT2D eigenvalue weighted by molar-refractivity contribution is -0.129. The summed E-state index contributed by atoms with van der Waals surface area (Å²) in [6, 6.07) is 4.93. The van der Waals surface area contributed by atoms with Gasteiger partial charge in [0.25, 0.3) is 0 Å². The molecular weight excluding hydrogens is 376 g/mol. The van der Waals surface area contributed by atoms with Crippen LogP contribution in [0.2, 0.25) is 5.02 Å². The van der Waals surface area contributed by atoms with Gasteiger partial charge in [-0.25, -0.2) is 5.48 Å². The van der Waals surface area contributed by atoms with E-state index in [1.165, 1.54) is 4.57 Å². The van der Waals surface area contributed by atoms with Crippen molar-refractivity contribution >= 4 is 34.1 Å². The van der Waals surface area contributed by atoms with E-state index in [9.17, 15) is 14.8 Å². The molecule has 10 nitrogen and oxygen atoms in total. The van der Waals surface area contributed by atoms with E-state index >= 15 is 0 Å². The molecular formula is C16H17ClN6O4. The molecule has 0 aliphatic rings. The largest absolute Gasteiger partial charge is 0.493 e. The predicted octanol–water partition coefficient (Wildman–Crippen LogP) is 2.71. The third-order valence-electron chi connectivity index (χ3n) is 4.14. The minimum atomic E-state index is -0.427. The fourth-order valence-corrected chi connectivity index (χ4v) is 3.02. The van der Waals surface area contributed by atoms with E-state index in [4.69, 9.17) is 16.8 Å². The lowest BCUT2D eigenvalue weighted by atomic mass is 10.2. The Morgan fingerprint density at radius 1 is 1.33 bits per heavy atom. The van der Waals surface area contributed by atoms with Crippen LogP contribution >= 0.6 is 11.6 Å². The van der Waals surface area contributed by atoms with Gasteiger partial charge in [0.15, 0.2) is 5.69 Å². The van der Waals surface area contributed by atoms with Crippen LogP contribution in [0, 0.1) is 4.91 Å². The predicted molar refractivity (Wildman–Crippen MR) is 97.0 cm³/mol. The number of nitroso groups, excluding NO2 is 1. The Morgan fingerprint density at radius 3 is 2.89 bits per heavy atom. The second kappa shape index (κ2) is 8.14. The molecule has 1 aromatic carbocycles. The Kier molecular flexibility index (Phi) is 5.67. The molecule has 2 aromatic heterocycles. The van der Waals surface area contributed by atoms with Gasteiger partial charge < -0.3 is 9.67 Å². The van der Waals surface area contributed by atoms with E-state index in [0.29, 0.717) is 41.0 Å². The standard InChI is InChI=1S/C16H17ClN6O4/c17-10-4-5-13-12(7-10)15(20-27)16(25)23(13)9-11-8-22(21-18-11)6-2-1-3-14(24)19-26/h4-5,7-8,25-26H,1-3,6,9H2,(H,19,24). The van der Waals surface area contributed by atoms with Crippen LogP contribution in [0.15, 0.2) is 29.6 Å². The lowest BCUT2D eigenvalue weighted by Gasteiger charge is -2.04. The minimum absolute atomic E-state index is 0.0675. The molecule has 0 unspecified atom stereocenters. The third-order valence-corrected chi connectivity index (χ3v) is 4.37. The van der Waals surface area contributed by atoms with Gasteiger partial charge in [0.2, 0.25) is 11.8 Å². The van der Waals surface area contributed by atoms with Crippen LogP contribution in [0.25, 0.3) is 10.9 Å². The number of hydrogen-bond donors (Lipinski definition) is 3. The lowest BCUT2D eigenvalue weighted by Crippen LogP contribution is -2.18. The number of aromatic nitrogens is 4. The molecule has 3 rings (SSSR count). The highest BCUT2D eigenvalue weighted by Crippen LogP contribution is 2.39. The molecule has 3 aromatic rings. The smallest absolute Gasteiger partial charge is 0.243 e. The van der Waals surface area contributed by atoms with Crippen LogP contribution in [0.5, 0.6) is 5.88 Å². The van der Waals surface area contributed by atoms with Crippen molar-refractivity contribution in [2.24, 2.45) is 5.18 Å². The number of hydrogen-bond acceptors (Lipinski definition) is 7. The number of aromatic hydroxyl groups is 1. The highest BCUT2D eigenvalue weighted by molar-refractivity contribution is 6.31. The van der Waals surface area contributed by atoms with Crippen LogP contribution < -0.4 is 5.48 Å². The maximum Gasteiger partial charge on any atom is 0.243 e. The summed E-state index contributed by atoms with van der Waals surface area (Å²) in [6.07, 6.45) is 3.23. The van der Waals surface area contributed by atoms with Gasteiger partial charge in [-0.05, 0) is 36.2 Å². The molecule has 0 spiro atoms. The normalized spacial score (nSPS) is 11.0. The van der Waals surface area contributed by atoms with Gasteiger partial charge in [-0.2, -0.15) is 0 Å². The Bertz CT molecular complexity index is 983. The van der Waals surface area contributed by atoms with Crippen molar-refractivity contribution in [2.75, 3.05) is 0 Å². The number of fused-ring (bicyclic) bond motifs is 1. The Hall–Kier alpha value is -2.98. The first-order valence-electron chi connectivity index (χ1n) is 8.19. The fourth-order valence-electron chi connectivity index (χ4n) is 2.84. The quantitative estimate of drug-likeness (QED) is 0.233. The number of rotatable bonds is 8. The van der Waals surface area contributed by atoms with Crippen molar-refractivity contribution in [3.8, 4) is 5.88 Å². The molecule has 0 fully saturated rings. The molecule has 11 heteroatoms. The maximum atomic E-state index is 11.1. The Labute approximate surface area is 158 Å². The molecule has 0 atom stereocenters. The van der Waals surface area contributed by atoms with Crippen molar-refractivity contribution in [1.29, 1.82) is 0 Å². The van der Waals surface area contributed by atoms with Crippen LogP contribution in [0.4, 0.5) is 5.69 Å². The number of unbranched alkanes of at least 4 members (excludes halogenated alkanes) is 1. The van der Waals surface area contributed by atoms with E-state index in [0.717, 1.165) is 0 Å². The topological polar surface area (TPSA) is 135 Å². The maximum absolute atomic E-state index is 11.1. The number of amides is 1. The van der Waals surface area contributed by atoms with Crippen LogP contribution in [-0.2, 0) is 17.9 Å². The summed E-state index contributed by atoms with van der Waals surface area (Å²) in [5, 5.41) is 30.7. The van der Waals surface area contributed by atoms with Crippen LogP contribution in [-0.4, -0.2) is 35.8 Å². The van der Waals surface area contributed by atoms with Gasteiger partial charge in [-0.15, -0.1) is 10.0 Å². The number of benzene rings is 1. The van der Waals surface area contributed by atoms with E-state index < -0.39 is 5.91 Å². The number of carbonyl (C=O) groups is 1. The first-order valence-corrected chi connectivity index (χ1v) is 8.57. The molecule has 0 radical (unpaired) electrons. The summed E-state index contributed by atoms with van der Waals surface area (Å²) in [7, 11) is 0. The van der Waals surface area contributed by atoms with Crippen molar-refractivity contribution in [3.63, 3.8) is 0 Å². The highest BCUT2D eigenvalue weighted by atomic mass is 35.5. The number of aryl methyl sites for hydroxylation is 1. The van der Waals surface area contributed by atoms with Crippen molar-refractivity contribution in [1.82, 2.24) is 25.0 Å². The van der Waals surface area contributed by atoms with Gasteiger partial charge in [-0.1, -0.05) is 16.8 Å². The zero-order valence-electron chi connectivity index (χ0n) is 14.2. The molecule has 1 amide bonds.